The van der Waals surface area contributed by atoms with Gasteiger partial charge in [0, 0.05) is 19.3 Å². The van der Waals surface area contributed by atoms with Gasteiger partial charge in [0.25, 0.3) is 0 Å². The summed E-state index contributed by atoms with van der Waals surface area (Å²) in [6.45, 7) is 10.8. The van der Waals surface area contributed by atoms with Crippen LogP contribution in [0.1, 0.15) is 38.4 Å². The summed E-state index contributed by atoms with van der Waals surface area (Å²) in [7, 11) is 0. The second kappa shape index (κ2) is 5.26. The number of hydrogen-bond donors (Lipinski definition) is 1. The minimum Gasteiger partial charge on any atom is -0.311 e. The first-order valence-electron chi connectivity index (χ1n) is 5.66. The minimum absolute atomic E-state index is 0.380. The third-order valence-corrected chi connectivity index (χ3v) is 2.84. The van der Waals surface area contributed by atoms with Crippen molar-refractivity contribution in [1.29, 1.82) is 0 Å². The van der Waals surface area contributed by atoms with Crippen molar-refractivity contribution in [2.75, 3.05) is 6.54 Å². The Bertz CT molecular complexity index is 288. The molecule has 0 bridgehead atoms. The largest absolute Gasteiger partial charge is 0.311 e. The van der Waals surface area contributed by atoms with E-state index in [0.29, 0.717) is 5.41 Å². The van der Waals surface area contributed by atoms with Crippen molar-refractivity contribution in [2.24, 2.45) is 5.41 Å². The average Bonchev–Trinajstić information content (AvgIpc) is 2.21. The maximum absolute atomic E-state index is 4.36. The van der Waals surface area contributed by atoms with Gasteiger partial charge in [-0.05, 0) is 30.4 Å². The topological polar surface area (TPSA) is 24.9 Å². The van der Waals surface area contributed by atoms with Crippen LogP contribution in [0.25, 0.3) is 0 Å². The Morgan fingerprint density at radius 2 is 2.07 bits per heavy atom. The van der Waals surface area contributed by atoms with Crippen LogP contribution >= 0.6 is 0 Å². The molecule has 15 heavy (non-hydrogen) atoms. The molecule has 2 nitrogen and oxygen atoms in total. The van der Waals surface area contributed by atoms with Crippen molar-refractivity contribution in [2.45, 2.75) is 40.7 Å². The third kappa shape index (κ3) is 4.43. The number of aryl methyl sites for hydroxylation is 1. The van der Waals surface area contributed by atoms with Gasteiger partial charge >= 0.3 is 0 Å². The zero-order valence-electron chi connectivity index (χ0n) is 10.3. The van der Waals surface area contributed by atoms with Crippen LogP contribution in [-0.4, -0.2) is 11.5 Å². The normalized spacial score (nSPS) is 11.7. The fourth-order valence-corrected chi connectivity index (χ4v) is 1.26. The predicted octanol–water partition coefficient (Wildman–Crippen LogP) is 2.92. The van der Waals surface area contributed by atoms with Crippen LogP contribution in [0.5, 0.6) is 0 Å². The molecule has 0 atom stereocenters. The van der Waals surface area contributed by atoms with E-state index in [1.54, 1.807) is 0 Å². The number of pyridine rings is 1. The summed E-state index contributed by atoms with van der Waals surface area (Å²) in [5, 5.41) is 3.45. The Kier molecular flexibility index (Phi) is 4.28. The highest BCUT2D eigenvalue weighted by Gasteiger charge is 2.13. The third-order valence-electron chi connectivity index (χ3n) is 2.84. The Morgan fingerprint density at radius 3 is 2.60 bits per heavy atom. The highest BCUT2D eigenvalue weighted by atomic mass is 14.9. The fourth-order valence-electron chi connectivity index (χ4n) is 1.26. The molecule has 0 aromatic carbocycles. The van der Waals surface area contributed by atoms with E-state index in [0.717, 1.165) is 18.8 Å². The van der Waals surface area contributed by atoms with Gasteiger partial charge in [-0.15, -0.1) is 0 Å². The zero-order chi connectivity index (χ0) is 11.3. The van der Waals surface area contributed by atoms with Crippen LogP contribution in [0.15, 0.2) is 18.3 Å². The number of hydrogen-bond acceptors (Lipinski definition) is 2. The summed E-state index contributed by atoms with van der Waals surface area (Å²) >= 11 is 0. The van der Waals surface area contributed by atoms with Crippen LogP contribution in [0.3, 0.4) is 0 Å². The van der Waals surface area contributed by atoms with E-state index in [4.69, 9.17) is 0 Å². The highest BCUT2D eigenvalue weighted by molar-refractivity contribution is 5.11. The van der Waals surface area contributed by atoms with Crippen LogP contribution in [0.2, 0.25) is 0 Å². The molecule has 1 heterocycles. The Labute approximate surface area is 93.1 Å². The van der Waals surface area contributed by atoms with E-state index in [1.807, 2.05) is 6.20 Å². The van der Waals surface area contributed by atoms with E-state index >= 15 is 0 Å². The standard InChI is InChI=1S/C13H22N2/c1-5-13(3,4)10-14-9-12-7-6-11(2)8-15-12/h6-8,14H,5,9-10H2,1-4H3. The molecule has 84 valence electrons. The first-order valence-corrected chi connectivity index (χ1v) is 5.66. The molecule has 1 N–H and O–H groups in total. The molecule has 0 aliphatic rings. The van der Waals surface area contributed by atoms with Crippen LogP contribution in [0.4, 0.5) is 0 Å². The molecule has 2 heteroatoms. The number of rotatable bonds is 5. The minimum atomic E-state index is 0.380. The maximum Gasteiger partial charge on any atom is 0.0541 e. The highest BCUT2D eigenvalue weighted by Crippen LogP contribution is 2.17. The lowest BCUT2D eigenvalue weighted by Crippen LogP contribution is -2.28. The summed E-state index contributed by atoms with van der Waals surface area (Å²) in [4.78, 5) is 4.36. The van der Waals surface area contributed by atoms with Gasteiger partial charge in [0.05, 0.1) is 5.69 Å². The van der Waals surface area contributed by atoms with Crippen LogP contribution in [0, 0.1) is 12.3 Å². The van der Waals surface area contributed by atoms with E-state index < -0.39 is 0 Å². The Hall–Kier alpha value is -0.890. The molecule has 0 radical (unpaired) electrons. The number of aromatic nitrogens is 1. The van der Waals surface area contributed by atoms with Crippen LogP contribution < -0.4 is 5.32 Å². The molecule has 0 spiro atoms. The molecule has 1 aromatic heterocycles. The molecule has 0 unspecified atom stereocenters. The first kappa shape index (κ1) is 12.2. The monoisotopic (exact) mass is 206 g/mol. The molecule has 1 rings (SSSR count). The van der Waals surface area contributed by atoms with Crippen molar-refractivity contribution < 1.29 is 0 Å². The summed E-state index contributed by atoms with van der Waals surface area (Å²) in [5.41, 5.74) is 2.71. The van der Waals surface area contributed by atoms with Gasteiger partial charge in [0.15, 0.2) is 0 Å². The molecule has 0 amide bonds. The van der Waals surface area contributed by atoms with Gasteiger partial charge in [-0.25, -0.2) is 0 Å². The predicted molar refractivity (Wildman–Crippen MR) is 64.8 cm³/mol. The number of nitrogens with one attached hydrogen (secondary N) is 1. The maximum atomic E-state index is 4.36. The SMILES string of the molecule is CCC(C)(C)CNCc1ccc(C)cn1. The van der Waals surface area contributed by atoms with Gasteiger partial charge in [0.1, 0.15) is 0 Å². The molecule has 0 saturated heterocycles. The lowest BCUT2D eigenvalue weighted by Gasteiger charge is -2.22. The van der Waals surface area contributed by atoms with Gasteiger partial charge < -0.3 is 5.32 Å². The molecule has 0 fully saturated rings. The van der Waals surface area contributed by atoms with Gasteiger partial charge in [-0.2, -0.15) is 0 Å². The Morgan fingerprint density at radius 1 is 1.33 bits per heavy atom. The zero-order valence-corrected chi connectivity index (χ0v) is 10.3. The second-order valence-electron chi connectivity index (χ2n) is 4.95. The van der Waals surface area contributed by atoms with E-state index in [9.17, 15) is 0 Å². The Balaban J connectivity index is 2.35. The van der Waals surface area contributed by atoms with Crippen molar-refractivity contribution in [3.05, 3.63) is 29.6 Å². The van der Waals surface area contributed by atoms with Crippen molar-refractivity contribution >= 4 is 0 Å². The molecule has 1 aromatic rings. The number of nitrogens with zero attached hydrogens (tertiary/aromatic N) is 1. The van der Waals surface area contributed by atoms with Crippen molar-refractivity contribution in [3.8, 4) is 0 Å². The lowest BCUT2D eigenvalue weighted by molar-refractivity contribution is 0.327. The molecular weight excluding hydrogens is 184 g/mol. The van der Waals surface area contributed by atoms with Gasteiger partial charge in [-0.1, -0.05) is 26.8 Å². The molecule has 0 aliphatic carbocycles. The summed E-state index contributed by atoms with van der Waals surface area (Å²) < 4.78 is 0. The van der Waals surface area contributed by atoms with E-state index in [2.05, 4.69) is 50.1 Å². The molecule has 0 saturated carbocycles. The van der Waals surface area contributed by atoms with Gasteiger partial charge in [0.2, 0.25) is 0 Å². The van der Waals surface area contributed by atoms with Crippen molar-refractivity contribution in [3.63, 3.8) is 0 Å². The van der Waals surface area contributed by atoms with Gasteiger partial charge in [-0.3, -0.25) is 4.98 Å². The quantitative estimate of drug-likeness (QED) is 0.801. The average molecular weight is 206 g/mol. The molecule has 0 aliphatic heterocycles. The van der Waals surface area contributed by atoms with E-state index in [-0.39, 0.29) is 0 Å². The lowest BCUT2D eigenvalue weighted by atomic mass is 9.90. The fraction of sp³-hybridized carbons (Fsp3) is 0.615. The summed E-state index contributed by atoms with van der Waals surface area (Å²) in [5.74, 6) is 0. The van der Waals surface area contributed by atoms with Crippen molar-refractivity contribution in [1.82, 2.24) is 10.3 Å². The summed E-state index contributed by atoms with van der Waals surface area (Å²) in [6.07, 6.45) is 3.11. The van der Waals surface area contributed by atoms with Crippen LogP contribution in [-0.2, 0) is 6.54 Å². The summed E-state index contributed by atoms with van der Waals surface area (Å²) in [6, 6.07) is 4.19. The first-order chi connectivity index (χ1) is 7.03. The molecular formula is C13H22N2. The van der Waals surface area contributed by atoms with E-state index in [1.165, 1.54) is 12.0 Å². The smallest absolute Gasteiger partial charge is 0.0541 e. The second-order valence-corrected chi connectivity index (χ2v) is 4.95.